The third-order valence-electron chi connectivity index (χ3n) is 6.41. The lowest BCUT2D eigenvalue weighted by atomic mass is 9.97. The standard InChI is InChI=1S/C25H24N4O/c26-13-17-5-6-18-8-10-29(15-20(18)11-17)16-21-12-19(21)14-28-25(30)23-7-9-27-24-4-2-1-3-22(23)24/h1-7,9,11,19,21H,8,10,12,14-16H2,(H,28,30)/t19-,21-/m0/s1. The highest BCUT2D eigenvalue weighted by Crippen LogP contribution is 2.39. The summed E-state index contributed by atoms with van der Waals surface area (Å²) in [5.74, 6) is 1.17. The number of nitrogens with one attached hydrogen (secondary N) is 1. The Balaban J connectivity index is 1.15. The quantitative estimate of drug-likeness (QED) is 0.716. The average molecular weight is 396 g/mol. The smallest absolute Gasteiger partial charge is 0.252 e. The summed E-state index contributed by atoms with van der Waals surface area (Å²) < 4.78 is 0. The van der Waals surface area contributed by atoms with Crippen molar-refractivity contribution in [2.75, 3.05) is 19.6 Å². The van der Waals surface area contributed by atoms with E-state index in [0.717, 1.165) is 49.1 Å². The molecule has 1 aromatic heterocycles. The van der Waals surface area contributed by atoms with E-state index >= 15 is 0 Å². The fourth-order valence-corrected chi connectivity index (χ4v) is 4.57. The van der Waals surface area contributed by atoms with Crippen LogP contribution >= 0.6 is 0 Å². The van der Waals surface area contributed by atoms with Crippen molar-refractivity contribution in [2.45, 2.75) is 19.4 Å². The van der Waals surface area contributed by atoms with Crippen LogP contribution in [0.1, 0.15) is 33.5 Å². The zero-order valence-corrected chi connectivity index (χ0v) is 16.8. The summed E-state index contributed by atoms with van der Waals surface area (Å²) in [5.41, 5.74) is 4.94. The molecule has 2 atom stereocenters. The number of hydrogen-bond acceptors (Lipinski definition) is 4. The first-order chi connectivity index (χ1) is 14.7. The molecule has 0 saturated heterocycles. The molecule has 2 aromatic carbocycles. The number of benzene rings is 2. The van der Waals surface area contributed by atoms with Crippen LogP contribution in [0.25, 0.3) is 10.9 Å². The first-order valence-electron chi connectivity index (χ1n) is 10.6. The van der Waals surface area contributed by atoms with Crippen LogP contribution < -0.4 is 5.32 Å². The summed E-state index contributed by atoms with van der Waals surface area (Å²) in [6.07, 6.45) is 3.91. The van der Waals surface area contributed by atoms with Crippen LogP contribution in [0.2, 0.25) is 0 Å². The number of nitriles is 1. The third-order valence-corrected chi connectivity index (χ3v) is 6.41. The number of pyridine rings is 1. The molecule has 150 valence electrons. The lowest BCUT2D eigenvalue weighted by molar-refractivity contribution is 0.0952. The Morgan fingerprint density at radius 2 is 2.07 bits per heavy atom. The zero-order chi connectivity index (χ0) is 20.5. The molecule has 30 heavy (non-hydrogen) atoms. The Morgan fingerprint density at radius 1 is 1.17 bits per heavy atom. The molecule has 0 bridgehead atoms. The van der Waals surface area contributed by atoms with Crippen molar-refractivity contribution in [1.82, 2.24) is 15.2 Å². The summed E-state index contributed by atoms with van der Waals surface area (Å²) in [7, 11) is 0. The third kappa shape index (κ3) is 3.79. The van der Waals surface area contributed by atoms with Gasteiger partial charge in [-0.1, -0.05) is 24.3 Å². The highest BCUT2D eigenvalue weighted by molar-refractivity contribution is 6.05. The van der Waals surface area contributed by atoms with Gasteiger partial charge in [0.15, 0.2) is 0 Å². The molecule has 0 unspecified atom stereocenters. The number of fused-ring (bicyclic) bond motifs is 2. The van der Waals surface area contributed by atoms with Crippen molar-refractivity contribution in [3.05, 3.63) is 77.0 Å². The van der Waals surface area contributed by atoms with Crippen LogP contribution in [-0.4, -0.2) is 35.4 Å². The van der Waals surface area contributed by atoms with Gasteiger partial charge in [-0.05, 0) is 60.1 Å². The molecule has 1 fully saturated rings. The number of rotatable bonds is 5. The van der Waals surface area contributed by atoms with Gasteiger partial charge in [0.2, 0.25) is 0 Å². The van der Waals surface area contributed by atoms with Crippen molar-refractivity contribution in [1.29, 1.82) is 5.26 Å². The molecule has 1 aliphatic carbocycles. The molecule has 0 spiro atoms. The Kier molecular flexibility index (Phi) is 4.94. The molecule has 5 rings (SSSR count). The molecule has 1 N–H and O–H groups in total. The van der Waals surface area contributed by atoms with Crippen molar-refractivity contribution in [3.8, 4) is 6.07 Å². The second-order valence-electron chi connectivity index (χ2n) is 8.42. The van der Waals surface area contributed by atoms with E-state index < -0.39 is 0 Å². The minimum atomic E-state index is -0.0183. The van der Waals surface area contributed by atoms with Crippen LogP contribution in [0.4, 0.5) is 0 Å². The Morgan fingerprint density at radius 3 is 2.97 bits per heavy atom. The average Bonchev–Trinajstić information content (AvgIpc) is 3.54. The van der Waals surface area contributed by atoms with Crippen LogP contribution in [0.5, 0.6) is 0 Å². The van der Waals surface area contributed by atoms with Gasteiger partial charge in [0.1, 0.15) is 0 Å². The van der Waals surface area contributed by atoms with E-state index in [0.29, 0.717) is 17.4 Å². The molecular formula is C25H24N4O. The van der Waals surface area contributed by atoms with Gasteiger partial charge in [-0.3, -0.25) is 14.7 Å². The number of carbonyl (C=O) groups excluding carboxylic acids is 1. The minimum absolute atomic E-state index is 0.0183. The molecule has 1 saturated carbocycles. The maximum absolute atomic E-state index is 12.7. The number of carbonyl (C=O) groups is 1. The van der Waals surface area contributed by atoms with Gasteiger partial charge in [0.25, 0.3) is 5.91 Å². The second kappa shape index (κ2) is 7.89. The largest absolute Gasteiger partial charge is 0.352 e. The molecule has 2 heterocycles. The number of aromatic nitrogens is 1. The van der Waals surface area contributed by atoms with Gasteiger partial charge < -0.3 is 5.32 Å². The highest BCUT2D eigenvalue weighted by Gasteiger charge is 2.38. The normalized spacial score (nSPS) is 20.4. The molecule has 2 aliphatic rings. The zero-order valence-electron chi connectivity index (χ0n) is 16.8. The molecule has 1 aliphatic heterocycles. The van der Waals surface area contributed by atoms with Crippen molar-refractivity contribution >= 4 is 16.8 Å². The predicted octanol–water partition coefficient (Wildman–Crippen LogP) is 3.53. The Labute approximate surface area is 176 Å². The summed E-state index contributed by atoms with van der Waals surface area (Å²) in [5, 5.41) is 13.2. The Bertz CT molecular complexity index is 1140. The first kappa shape index (κ1) is 18.8. The summed E-state index contributed by atoms with van der Waals surface area (Å²) in [6, 6.07) is 17.8. The van der Waals surface area contributed by atoms with E-state index in [1.165, 1.54) is 17.5 Å². The van der Waals surface area contributed by atoms with E-state index in [-0.39, 0.29) is 5.91 Å². The maximum atomic E-state index is 12.7. The molecule has 0 radical (unpaired) electrons. The van der Waals surface area contributed by atoms with E-state index in [1.807, 2.05) is 36.4 Å². The molecule has 3 aromatic rings. The van der Waals surface area contributed by atoms with Gasteiger partial charge >= 0.3 is 0 Å². The topological polar surface area (TPSA) is 69.0 Å². The summed E-state index contributed by atoms with van der Waals surface area (Å²) >= 11 is 0. The highest BCUT2D eigenvalue weighted by atomic mass is 16.1. The lowest BCUT2D eigenvalue weighted by Crippen LogP contribution is -2.33. The van der Waals surface area contributed by atoms with Crippen molar-refractivity contribution < 1.29 is 4.79 Å². The van der Waals surface area contributed by atoms with Gasteiger partial charge in [0.05, 0.1) is 22.7 Å². The van der Waals surface area contributed by atoms with Gasteiger partial charge in [-0.25, -0.2) is 0 Å². The molecule has 5 heteroatoms. The van der Waals surface area contributed by atoms with Gasteiger partial charge in [0, 0.05) is 37.8 Å². The maximum Gasteiger partial charge on any atom is 0.252 e. The minimum Gasteiger partial charge on any atom is -0.352 e. The lowest BCUT2D eigenvalue weighted by Gasteiger charge is -2.29. The van der Waals surface area contributed by atoms with E-state index in [9.17, 15) is 4.79 Å². The van der Waals surface area contributed by atoms with Crippen LogP contribution in [0.15, 0.2) is 54.7 Å². The first-order valence-corrected chi connectivity index (χ1v) is 10.6. The molecular weight excluding hydrogens is 372 g/mol. The second-order valence-corrected chi connectivity index (χ2v) is 8.42. The fraction of sp³-hybridized carbons (Fsp3) is 0.320. The summed E-state index contributed by atoms with van der Waals surface area (Å²) in [6.45, 7) is 3.78. The number of amides is 1. The van der Waals surface area contributed by atoms with E-state index in [4.69, 9.17) is 5.26 Å². The fourth-order valence-electron chi connectivity index (χ4n) is 4.57. The van der Waals surface area contributed by atoms with Crippen molar-refractivity contribution in [3.63, 3.8) is 0 Å². The van der Waals surface area contributed by atoms with Crippen molar-refractivity contribution in [2.24, 2.45) is 11.8 Å². The van der Waals surface area contributed by atoms with Crippen LogP contribution in [0.3, 0.4) is 0 Å². The SMILES string of the molecule is N#Cc1ccc2c(c1)CN(C[C@@H]1C[C@H]1CNC(=O)c1ccnc3ccccc13)CC2. The predicted molar refractivity (Wildman–Crippen MR) is 116 cm³/mol. The number of nitrogens with zero attached hydrogens (tertiary/aromatic N) is 3. The Hall–Kier alpha value is -3.23. The van der Waals surface area contributed by atoms with Gasteiger partial charge in [-0.15, -0.1) is 0 Å². The molecule has 1 amide bonds. The summed E-state index contributed by atoms with van der Waals surface area (Å²) in [4.78, 5) is 19.5. The van der Waals surface area contributed by atoms with E-state index in [1.54, 1.807) is 12.3 Å². The van der Waals surface area contributed by atoms with Gasteiger partial charge in [-0.2, -0.15) is 5.26 Å². The monoisotopic (exact) mass is 396 g/mol. The van der Waals surface area contributed by atoms with Crippen LogP contribution in [0, 0.1) is 23.2 Å². The molecule has 5 nitrogen and oxygen atoms in total. The van der Waals surface area contributed by atoms with E-state index in [2.05, 4.69) is 27.3 Å². The number of para-hydroxylation sites is 1. The number of hydrogen-bond donors (Lipinski definition) is 1. The van der Waals surface area contributed by atoms with Crippen LogP contribution in [-0.2, 0) is 13.0 Å².